The molecule has 4 heteroatoms. The lowest BCUT2D eigenvalue weighted by Crippen LogP contribution is -2.23. The van der Waals surface area contributed by atoms with Crippen LogP contribution in [0.1, 0.15) is 13.3 Å². The third-order valence-electron chi connectivity index (χ3n) is 3.72. The molecule has 108 valence electrons. The summed E-state index contributed by atoms with van der Waals surface area (Å²) in [5, 5.41) is 16.1. The number of aromatic nitrogens is 1. The highest BCUT2D eigenvalue weighted by molar-refractivity contribution is 9.10. The van der Waals surface area contributed by atoms with Gasteiger partial charge in [-0.2, -0.15) is 0 Å². The monoisotopic (exact) mass is 344 g/mol. The zero-order chi connectivity index (χ0) is 14.8. The van der Waals surface area contributed by atoms with Gasteiger partial charge in [-0.15, -0.1) is 0 Å². The van der Waals surface area contributed by atoms with E-state index in [9.17, 15) is 5.11 Å². The number of halogens is 1. The number of aliphatic hydroxyl groups is 1. The third-order valence-corrected chi connectivity index (χ3v) is 4.21. The fraction of sp³-hybridized carbons (Fsp3) is 0.235. The molecule has 0 saturated carbocycles. The van der Waals surface area contributed by atoms with Crippen LogP contribution in [0.15, 0.2) is 46.9 Å². The molecular weight excluding hydrogens is 328 g/mol. The highest BCUT2D eigenvalue weighted by Crippen LogP contribution is 2.31. The fourth-order valence-corrected chi connectivity index (χ4v) is 2.87. The SMILES string of the molecule is CCC(CO)Nc1nc2ccc(Br)cc2c2ccccc12. The summed E-state index contributed by atoms with van der Waals surface area (Å²) in [4.78, 5) is 4.74. The molecule has 3 aromatic rings. The summed E-state index contributed by atoms with van der Waals surface area (Å²) < 4.78 is 1.05. The quantitative estimate of drug-likeness (QED) is 0.692. The van der Waals surface area contributed by atoms with Gasteiger partial charge in [0.2, 0.25) is 0 Å². The van der Waals surface area contributed by atoms with E-state index < -0.39 is 0 Å². The number of nitrogens with zero attached hydrogens (tertiary/aromatic N) is 1. The van der Waals surface area contributed by atoms with Crippen LogP contribution in [0.25, 0.3) is 21.7 Å². The summed E-state index contributed by atoms with van der Waals surface area (Å²) in [6.45, 7) is 2.15. The van der Waals surface area contributed by atoms with Crippen molar-refractivity contribution in [1.82, 2.24) is 4.98 Å². The molecular formula is C17H17BrN2O. The van der Waals surface area contributed by atoms with Gasteiger partial charge in [0.05, 0.1) is 18.2 Å². The van der Waals surface area contributed by atoms with Crippen molar-refractivity contribution in [3.63, 3.8) is 0 Å². The predicted octanol–water partition coefficient (Wildman–Crippen LogP) is 4.33. The van der Waals surface area contributed by atoms with Crippen molar-refractivity contribution in [2.75, 3.05) is 11.9 Å². The summed E-state index contributed by atoms with van der Waals surface area (Å²) in [6, 6.07) is 14.3. The normalized spacial score (nSPS) is 12.7. The molecule has 1 unspecified atom stereocenters. The zero-order valence-corrected chi connectivity index (χ0v) is 13.4. The largest absolute Gasteiger partial charge is 0.394 e. The summed E-state index contributed by atoms with van der Waals surface area (Å²) in [5.41, 5.74) is 0.951. The van der Waals surface area contributed by atoms with Gasteiger partial charge < -0.3 is 10.4 Å². The molecule has 0 aliphatic rings. The molecule has 21 heavy (non-hydrogen) atoms. The van der Waals surface area contributed by atoms with Crippen molar-refractivity contribution >= 4 is 43.4 Å². The molecule has 0 aliphatic heterocycles. The Morgan fingerprint density at radius 3 is 2.62 bits per heavy atom. The third kappa shape index (κ3) is 2.74. The number of nitrogens with one attached hydrogen (secondary N) is 1. The van der Waals surface area contributed by atoms with Crippen LogP contribution in [0, 0.1) is 0 Å². The van der Waals surface area contributed by atoms with Crippen LogP contribution in [0.3, 0.4) is 0 Å². The van der Waals surface area contributed by atoms with Crippen molar-refractivity contribution in [3.05, 3.63) is 46.9 Å². The Hall–Kier alpha value is -1.65. The highest BCUT2D eigenvalue weighted by Gasteiger charge is 2.11. The highest BCUT2D eigenvalue weighted by atomic mass is 79.9. The van der Waals surface area contributed by atoms with E-state index in [0.29, 0.717) is 0 Å². The number of anilines is 1. The van der Waals surface area contributed by atoms with Crippen LogP contribution in [0.5, 0.6) is 0 Å². The minimum Gasteiger partial charge on any atom is -0.394 e. The first-order valence-corrected chi connectivity index (χ1v) is 7.87. The second kappa shape index (κ2) is 6.00. The first kappa shape index (κ1) is 14.3. The molecule has 0 saturated heterocycles. The molecule has 0 radical (unpaired) electrons. The number of fused-ring (bicyclic) bond motifs is 3. The van der Waals surface area contributed by atoms with E-state index in [1.165, 1.54) is 5.39 Å². The Balaban J connectivity index is 2.25. The van der Waals surface area contributed by atoms with Crippen molar-refractivity contribution in [2.45, 2.75) is 19.4 Å². The Labute approximate surface area is 132 Å². The van der Waals surface area contributed by atoms with Crippen LogP contribution in [0.2, 0.25) is 0 Å². The van der Waals surface area contributed by atoms with E-state index in [0.717, 1.165) is 33.0 Å². The van der Waals surface area contributed by atoms with Gasteiger partial charge in [0, 0.05) is 15.2 Å². The molecule has 0 spiro atoms. The van der Waals surface area contributed by atoms with Gasteiger partial charge in [0.1, 0.15) is 5.82 Å². The van der Waals surface area contributed by atoms with E-state index in [4.69, 9.17) is 4.98 Å². The van der Waals surface area contributed by atoms with Crippen molar-refractivity contribution < 1.29 is 5.11 Å². The maximum Gasteiger partial charge on any atom is 0.134 e. The van der Waals surface area contributed by atoms with Crippen LogP contribution < -0.4 is 5.32 Å². The summed E-state index contributed by atoms with van der Waals surface area (Å²) in [5.74, 6) is 0.835. The molecule has 0 fully saturated rings. The Bertz CT molecular complexity index is 784. The topological polar surface area (TPSA) is 45.1 Å². The average Bonchev–Trinajstić information content (AvgIpc) is 2.53. The smallest absolute Gasteiger partial charge is 0.134 e. The van der Waals surface area contributed by atoms with Gasteiger partial charge in [0.15, 0.2) is 0 Å². The zero-order valence-electron chi connectivity index (χ0n) is 11.8. The lowest BCUT2D eigenvalue weighted by Gasteiger charge is -2.17. The first-order valence-electron chi connectivity index (χ1n) is 7.08. The molecule has 2 aromatic carbocycles. The van der Waals surface area contributed by atoms with E-state index in [2.05, 4.69) is 39.4 Å². The summed E-state index contributed by atoms with van der Waals surface area (Å²) in [6.07, 6.45) is 0.852. The summed E-state index contributed by atoms with van der Waals surface area (Å²) in [7, 11) is 0. The van der Waals surface area contributed by atoms with Gasteiger partial charge >= 0.3 is 0 Å². The second-order valence-corrected chi connectivity index (χ2v) is 6.02. The van der Waals surface area contributed by atoms with E-state index in [1.54, 1.807) is 0 Å². The van der Waals surface area contributed by atoms with Crippen molar-refractivity contribution in [2.24, 2.45) is 0 Å². The number of rotatable bonds is 4. The fourth-order valence-electron chi connectivity index (χ4n) is 2.51. The standard InChI is InChI=1S/C17H17BrN2O/c1-2-12(10-21)19-17-14-6-4-3-5-13(14)15-9-11(18)7-8-16(15)20-17/h3-9,12,21H,2,10H2,1H3,(H,19,20). The van der Waals surface area contributed by atoms with Gasteiger partial charge in [-0.05, 0) is 30.0 Å². The minimum absolute atomic E-state index is 0.0220. The lowest BCUT2D eigenvalue weighted by molar-refractivity contribution is 0.271. The number of pyridine rings is 1. The van der Waals surface area contributed by atoms with Crippen LogP contribution in [-0.4, -0.2) is 22.7 Å². The van der Waals surface area contributed by atoms with Gasteiger partial charge in [-0.1, -0.05) is 47.1 Å². The summed E-state index contributed by atoms with van der Waals surface area (Å²) >= 11 is 3.52. The first-order chi connectivity index (χ1) is 10.2. The van der Waals surface area contributed by atoms with Crippen LogP contribution in [0.4, 0.5) is 5.82 Å². The number of hydrogen-bond donors (Lipinski definition) is 2. The molecule has 3 nitrogen and oxygen atoms in total. The number of hydrogen-bond acceptors (Lipinski definition) is 3. The van der Waals surface area contributed by atoms with Crippen LogP contribution >= 0.6 is 15.9 Å². The second-order valence-electron chi connectivity index (χ2n) is 5.10. The maximum atomic E-state index is 9.41. The van der Waals surface area contributed by atoms with E-state index >= 15 is 0 Å². The molecule has 1 atom stereocenters. The molecule has 1 aromatic heterocycles. The predicted molar refractivity (Wildman–Crippen MR) is 91.7 cm³/mol. The van der Waals surface area contributed by atoms with Gasteiger partial charge in [0.25, 0.3) is 0 Å². The number of benzene rings is 2. The molecule has 3 rings (SSSR count). The van der Waals surface area contributed by atoms with Crippen molar-refractivity contribution in [1.29, 1.82) is 0 Å². The van der Waals surface area contributed by atoms with E-state index in [1.807, 2.05) is 31.2 Å². The Morgan fingerprint density at radius 1 is 1.14 bits per heavy atom. The van der Waals surface area contributed by atoms with Gasteiger partial charge in [-0.3, -0.25) is 0 Å². The minimum atomic E-state index is 0.0220. The number of aliphatic hydroxyl groups excluding tert-OH is 1. The molecule has 1 heterocycles. The Kier molecular flexibility index (Phi) is 4.08. The molecule has 0 bridgehead atoms. The van der Waals surface area contributed by atoms with Crippen LogP contribution in [-0.2, 0) is 0 Å². The average molecular weight is 345 g/mol. The molecule has 2 N–H and O–H groups in total. The maximum absolute atomic E-state index is 9.41. The lowest BCUT2D eigenvalue weighted by atomic mass is 10.1. The Morgan fingerprint density at radius 2 is 1.90 bits per heavy atom. The molecule has 0 aliphatic carbocycles. The van der Waals surface area contributed by atoms with Gasteiger partial charge in [-0.25, -0.2) is 4.98 Å². The molecule has 0 amide bonds. The van der Waals surface area contributed by atoms with Crippen molar-refractivity contribution in [3.8, 4) is 0 Å². The van der Waals surface area contributed by atoms with E-state index in [-0.39, 0.29) is 12.6 Å².